The Balaban J connectivity index is 2.03. The minimum absolute atomic E-state index is 0.165. The molecule has 0 aromatic heterocycles. The largest absolute Gasteiger partial charge is 0.373 e. The first kappa shape index (κ1) is 15.0. The molecule has 4 nitrogen and oxygen atoms in total. The van der Waals surface area contributed by atoms with Crippen LogP contribution in [0.3, 0.4) is 0 Å². The van der Waals surface area contributed by atoms with E-state index in [-0.39, 0.29) is 11.7 Å². The van der Waals surface area contributed by atoms with Crippen molar-refractivity contribution in [2.75, 3.05) is 6.54 Å². The van der Waals surface area contributed by atoms with Gasteiger partial charge in [0.1, 0.15) is 11.7 Å². The van der Waals surface area contributed by atoms with Crippen LogP contribution in [0.5, 0.6) is 0 Å². The van der Waals surface area contributed by atoms with Gasteiger partial charge in [-0.25, -0.2) is 4.39 Å². The van der Waals surface area contributed by atoms with Gasteiger partial charge in [-0.1, -0.05) is 30.3 Å². The lowest BCUT2D eigenvalue weighted by Gasteiger charge is -2.39. The maximum absolute atomic E-state index is 13.4. The summed E-state index contributed by atoms with van der Waals surface area (Å²) >= 11 is 0. The van der Waals surface area contributed by atoms with Crippen molar-refractivity contribution in [3.63, 3.8) is 0 Å². The van der Waals surface area contributed by atoms with E-state index in [1.807, 2.05) is 13.8 Å². The van der Waals surface area contributed by atoms with Crippen molar-refractivity contribution in [3.05, 3.63) is 71.0 Å². The van der Waals surface area contributed by atoms with Crippen LogP contribution in [-0.4, -0.2) is 33.8 Å². The maximum Gasteiger partial charge on any atom is 0.259 e. The number of hydrogen-bond acceptors (Lipinski definition) is 3. The van der Waals surface area contributed by atoms with Crippen LogP contribution in [0.2, 0.25) is 0 Å². The molecule has 0 saturated heterocycles. The first-order chi connectivity index (χ1) is 11.3. The van der Waals surface area contributed by atoms with E-state index in [1.165, 1.54) is 29.2 Å². The summed E-state index contributed by atoms with van der Waals surface area (Å²) in [7, 11) is 0. The number of amidine groups is 1. The number of fused-ring (bicyclic) bond motifs is 2. The molecular formula is C19H17FN2O2. The normalized spacial score (nSPS) is 24.4. The summed E-state index contributed by atoms with van der Waals surface area (Å²) in [4.78, 5) is 19.0. The van der Waals surface area contributed by atoms with Gasteiger partial charge in [0.2, 0.25) is 0 Å². The molecule has 5 heteroatoms. The summed E-state index contributed by atoms with van der Waals surface area (Å²) in [6.45, 7) is 4.24. The Morgan fingerprint density at radius 3 is 2.50 bits per heavy atom. The fraction of sp³-hybridized carbons (Fsp3) is 0.263. The van der Waals surface area contributed by atoms with Gasteiger partial charge in [0.25, 0.3) is 5.91 Å². The molecule has 24 heavy (non-hydrogen) atoms. The van der Waals surface area contributed by atoms with Crippen molar-refractivity contribution < 1.29 is 14.3 Å². The summed E-state index contributed by atoms with van der Waals surface area (Å²) in [5.74, 6) is -0.238. The van der Waals surface area contributed by atoms with Gasteiger partial charge in [-0.15, -0.1) is 0 Å². The number of aliphatic imine (C=N–C) groups is 1. The highest BCUT2D eigenvalue weighted by atomic mass is 19.1. The van der Waals surface area contributed by atoms with Crippen LogP contribution in [0.1, 0.15) is 35.3 Å². The van der Waals surface area contributed by atoms with E-state index in [4.69, 9.17) is 0 Å². The molecule has 1 unspecified atom stereocenters. The van der Waals surface area contributed by atoms with Crippen LogP contribution < -0.4 is 0 Å². The van der Waals surface area contributed by atoms with Crippen LogP contribution in [0.4, 0.5) is 4.39 Å². The first-order valence-electron chi connectivity index (χ1n) is 7.83. The maximum atomic E-state index is 13.4. The van der Waals surface area contributed by atoms with E-state index in [0.29, 0.717) is 29.1 Å². The zero-order valence-corrected chi connectivity index (χ0v) is 13.5. The SMILES string of the molecule is CC1(C)CN2C(=O)c3ccccc3C(O)(c3ccc(F)cc3)C2=N1. The second kappa shape index (κ2) is 4.74. The quantitative estimate of drug-likeness (QED) is 0.877. The highest BCUT2D eigenvalue weighted by molar-refractivity contribution is 6.16. The lowest BCUT2D eigenvalue weighted by Crippen LogP contribution is -2.53. The van der Waals surface area contributed by atoms with Gasteiger partial charge >= 0.3 is 0 Å². The Hall–Kier alpha value is -2.53. The average Bonchev–Trinajstić information content (AvgIpc) is 2.90. The molecule has 2 aliphatic rings. The third-order valence-corrected chi connectivity index (χ3v) is 4.59. The predicted molar refractivity (Wildman–Crippen MR) is 88.4 cm³/mol. The van der Waals surface area contributed by atoms with Crippen molar-refractivity contribution in [3.8, 4) is 0 Å². The molecule has 0 bridgehead atoms. The van der Waals surface area contributed by atoms with Crippen molar-refractivity contribution in [2.45, 2.75) is 25.0 Å². The first-order valence-corrected chi connectivity index (χ1v) is 7.83. The Morgan fingerprint density at radius 2 is 1.79 bits per heavy atom. The Morgan fingerprint density at radius 1 is 1.12 bits per heavy atom. The molecular weight excluding hydrogens is 307 g/mol. The smallest absolute Gasteiger partial charge is 0.259 e. The number of carbonyl (C=O) groups excluding carboxylic acids is 1. The lowest BCUT2D eigenvalue weighted by atomic mass is 9.79. The number of nitrogens with zero attached hydrogens (tertiary/aromatic N) is 2. The van der Waals surface area contributed by atoms with Crippen molar-refractivity contribution in [1.29, 1.82) is 0 Å². The third-order valence-electron chi connectivity index (χ3n) is 4.59. The van der Waals surface area contributed by atoms with E-state index in [9.17, 15) is 14.3 Å². The average molecular weight is 324 g/mol. The molecule has 4 rings (SSSR count). The topological polar surface area (TPSA) is 52.9 Å². The van der Waals surface area contributed by atoms with Crippen molar-refractivity contribution in [2.24, 2.45) is 4.99 Å². The summed E-state index contributed by atoms with van der Waals surface area (Å²) in [6.07, 6.45) is 0. The second-order valence-electron chi connectivity index (χ2n) is 6.90. The summed E-state index contributed by atoms with van der Waals surface area (Å²) in [6, 6.07) is 12.6. The van der Waals surface area contributed by atoms with Gasteiger partial charge in [-0.3, -0.25) is 14.7 Å². The molecule has 0 radical (unpaired) electrons. The summed E-state index contributed by atoms with van der Waals surface area (Å²) in [5.41, 5.74) is -0.645. The van der Waals surface area contributed by atoms with Gasteiger partial charge in [-0.05, 0) is 37.6 Å². The van der Waals surface area contributed by atoms with Gasteiger partial charge in [0.05, 0.1) is 12.1 Å². The zero-order valence-electron chi connectivity index (χ0n) is 13.5. The number of aliphatic hydroxyl groups is 1. The van der Waals surface area contributed by atoms with Crippen LogP contribution in [0, 0.1) is 5.82 Å². The Kier molecular flexibility index (Phi) is 2.97. The van der Waals surface area contributed by atoms with Crippen LogP contribution in [-0.2, 0) is 5.60 Å². The lowest BCUT2D eigenvalue weighted by molar-refractivity contribution is 0.0747. The number of hydrogen-bond donors (Lipinski definition) is 1. The van der Waals surface area contributed by atoms with Crippen molar-refractivity contribution in [1.82, 2.24) is 4.90 Å². The number of benzene rings is 2. The summed E-state index contributed by atoms with van der Waals surface area (Å²) in [5, 5.41) is 11.7. The molecule has 1 atom stereocenters. The molecule has 2 aliphatic heterocycles. The fourth-order valence-electron chi connectivity index (χ4n) is 3.52. The highest BCUT2D eigenvalue weighted by Crippen LogP contribution is 2.42. The zero-order chi connectivity index (χ0) is 17.1. The molecule has 1 N–H and O–H groups in total. The Bertz CT molecular complexity index is 873. The molecule has 0 saturated carbocycles. The van der Waals surface area contributed by atoms with Gasteiger partial charge in [0, 0.05) is 11.1 Å². The Labute approximate surface area is 139 Å². The van der Waals surface area contributed by atoms with E-state index in [2.05, 4.69) is 4.99 Å². The van der Waals surface area contributed by atoms with Gasteiger partial charge in [-0.2, -0.15) is 0 Å². The standard InChI is InChI=1S/C19H17FN2O2/c1-18(2)11-22-16(23)14-5-3-4-6-15(14)19(24,17(22)21-18)12-7-9-13(20)10-8-12/h3-10,24H,11H2,1-2H3. The summed E-state index contributed by atoms with van der Waals surface area (Å²) < 4.78 is 13.4. The van der Waals surface area contributed by atoms with E-state index in [1.54, 1.807) is 24.3 Å². The van der Waals surface area contributed by atoms with Crippen molar-refractivity contribution >= 4 is 11.7 Å². The van der Waals surface area contributed by atoms with Crippen LogP contribution in [0.15, 0.2) is 53.5 Å². The molecule has 0 spiro atoms. The van der Waals surface area contributed by atoms with E-state index < -0.39 is 11.1 Å². The molecule has 2 aromatic carbocycles. The minimum Gasteiger partial charge on any atom is -0.373 e. The van der Waals surface area contributed by atoms with E-state index >= 15 is 0 Å². The fourth-order valence-corrected chi connectivity index (χ4v) is 3.52. The number of amides is 1. The van der Waals surface area contributed by atoms with Crippen LogP contribution in [0.25, 0.3) is 0 Å². The monoisotopic (exact) mass is 324 g/mol. The molecule has 2 heterocycles. The third kappa shape index (κ3) is 1.94. The van der Waals surface area contributed by atoms with E-state index in [0.717, 1.165) is 0 Å². The molecule has 2 aromatic rings. The molecule has 0 aliphatic carbocycles. The predicted octanol–water partition coefficient (Wildman–Crippen LogP) is 2.71. The van der Waals surface area contributed by atoms with Gasteiger partial charge < -0.3 is 5.11 Å². The molecule has 1 amide bonds. The molecule has 0 fully saturated rings. The van der Waals surface area contributed by atoms with Crippen LogP contribution >= 0.6 is 0 Å². The number of halogens is 1. The number of rotatable bonds is 1. The minimum atomic E-state index is -1.58. The number of carbonyl (C=O) groups is 1. The second-order valence-corrected chi connectivity index (χ2v) is 6.90. The molecule has 122 valence electrons. The highest BCUT2D eigenvalue weighted by Gasteiger charge is 2.53. The van der Waals surface area contributed by atoms with Gasteiger partial charge in [0.15, 0.2) is 5.60 Å².